The van der Waals surface area contributed by atoms with Gasteiger partial charge in [0.15, 0.2) is 0 Å². The molecule has 0 spiro atoms. The van der Waals surface area contributed by atoms with E-state index < -0.39 is 5.97 Å². The summed E-state index contributed by atoms with van der Waals surface area (Å²) in [7, 11) is 0. The lowest BCUT2D eigenvalue weighted by atomic mass is 10.1. The summed E-state index contributed by atoms with van der Waals surface area (Å²) < 4.78 is 0. The Balaban J connectivity index is 1.76. The van der Waals surface area contributed by atoms with E-state index in [1.807, 2.05) is 30.3 Å². The Labute approximate surface area is 122 Å². The molecule has 2 heterocycles. The van der Waals surface area contributed by atoms with Gasteiger partial charge in [-0.15, -0.1) is 0 Å². The highest BCUT2D eigenvalue weighted by atomic mass is 16.4. The van der Waals surface area contributed by atoms with Crippen molar-refractivity contribution in [3.8, 4) is 0 Å². The number of carboxylic acids is 1. The maximum absolute atomic E-state index is 12.4. The Morgan fingerprint density at radius 1 is 1.24 bits per heavy atom. The van der Waals surface area contributed by atoms with Crippen LogP contribution in [0.4, 0.5) is 0 Å². The number of likely N-dealkylation sites (tertiary alicyclic amines) is 1. The zero-order valence-corrected chi connectivity index (χ0v) is 11.5. The third-order valence-electron chi connectivity index (χ3n) is 3.85. The number of carboxylic acid groups (broad SMARTS) is 1. The van der Waals surface area contributed by atoms with Gasteiger partial charge >= 0.3 is 5.97 Å². The molecule has 1 saturated heterocycles. The quantitative estimate of drug-likeness (QED) is 0.937. The molecule has 2 aromatic rings. The lowest BCUT2D eigenvalue weighted by Crippen LogP contribution is -2.29. The van der Waals surface area contributed by atoms with Crippen LogP contribution in [0.2, 0.25) is 0 Å². The molecule has 0 bridgehead atoms. The first-order valence-corrected chi connectivity index (χ1v) is 7.00. The average molecular weight is 284 g/mol. The molecule has 1 unspecified atom stereocenters. The van der Waals surface area contributed by atoms with Crippen LogP contribution in [0.1, 0.15) is 23.3 Å². The molecule has 1 aromatic heterocycles. The van der Waals surface area contributed by atoms with E-state index in [0.717, 1.165) is 17.3 Å². The highest BCUT2D eigenvalue weighted by molar-refractivity contribution is 5.95. The summed E-state index contributed by atoms with van der Waals surface area (Å²) in [4.78, 5) is 29.3. The summed E-state index contributed by atoms with van der Waals surface area (Å²) in [5.74, 6) is -0.876. The normalized spacial score (nSPS) is 18.1. The molecule has 0 saturated carbocycles. The van der Waals surface area contributed by atoms with Gasteiger partial charge in [0.1, 0.15) is 5.69 Å². The molecule has 1 aromatic carbocycles. The largest absolute Gasteiger partial charge is 0.481 e. The van der Waals surface area contributed by atoms with Crippen LogP contribution in [0.25, 0.3) is 10.9 Å². The summed E-state index contributed by atoms with van der Waals surface area (Å²) in [5, 5.41) is 9.82. The number of aliphatic carboxylic acids is 1. The number of carbonyl (C=O) groups excluding carboxylic acids is 1. The summed E-state index contributed by atoms with van der Waals surface area (Å²) in [5.41, 5.74) is 1.22. The van der Waals surface area contributed by atoms with E-state index in [1.165, 1.54) is 0 Å². The molecule has 5 nitrogen and oxygen atoms in total. The number of aromatic nitrogens is 1. The Hall–Kier alpha value is -2.43. The van der Waals surface area contributed by atoms with E-state index in [-0.39, 0.29) is 18.2 Å². The number of rotatable bonds is 3. The van der Waals surface area contributed by atoms with Crippen molar-refractivity contribution in [2.24, 2.45) is 5.92 Å². The van der Waals surface area contributed by atoms with Crippen molar-refractivity contribution in [2.75, 3.05) is 13.1 Å². The van der Waals surface area contributed by atoms with Gasteiger partial charge in [-0.1, -0.05) is 24.3 Å². The van der Waals surface area contributed by atoms with Crippen molar-refractivity contribution in [1.29, 1.82) is 0 Å². The van der Waals surface area contributed by atoms with Crippen molar-refractivity contribution < 1.29 is 14.7 Å². The Morgan fingerprint density at radius 3 is 2.86 bits per heavy atom. The predicted octanol–water partition coefficient (Wildman–Crippen LogP) is 2.17. The number of amides is 1. The topological polar surface area (TPSA) is 70.5 Å². The first-order valence-electron chi connectivity index (χ1n) is 7.00. The Kier molecular flexibility index (Phi) is 3.56. The Morgan fingerprint density at radius 2 is 2.05 bits per heavy atom. The van der Waals surface area contributed by atoms with Gasteiger partial charge in [0, 0.05) is 24.9 Å². The van der Waals surface area contributed by atoms with Crippen LogP contribution >= 0.6 is 0 Å². The van der Waals surface area contributed by atoms with Gasteiger partial charge in [-0.05, 0) is 24.5 Å². The molecule has 5 heteroatoms. The van der Waals surface area contributed by atoms with Crippen LogP contribution in [0.3, 0.4) is 0 Å². The Bertz CT molecular complexity index is 699. The van der Waals surface area contributed by atoms with Crippen LogP contribution in [0.15, 0.2) is 36.4 Å². The van der Waals surface area contributed by atoms with E-state index >= 15 is 0 Å². The van der Waals surface area contributed by atoms with Gasteiger partial charge in [0.25, 0.3) is 5.91 Å². The smallest absolute Gasteiger partial charge is 0.303 e. The van der Waals surface area contributed by atoms with E-state index in [4.69, 9.17) is 5.11 Å². The number of hydrogen-bond acceptors (Lipinski definition) is 3. The third kappa shape index (κ3) is 2.86. The highest BCUT2D eigenvalue weighted by Crippen LogP contribution is 2.21. The molecule has 1 aliphatic heterocycles. The maximum Gasteiger partial charge on any atom is 0.303 e. The number of pyridine rings is 1. The molecule has 108 valence electrons. The van der Waals surface area contributed by atoms with Crippen LogP contribution in [-0.2, 0) is 4.79 Å². The van der Waals surface area contributed by atoms with Gasteiger partial charge in [0.2, 0.25) is 0 Å². The van der Waals surface area contributed by atoms with Crippen molar-refractivity contribution in [3.63, 3.8) is 0 Å². The number of benzene rings is 1. The van der Waals surface area contributed by atoms with Crippen molar-refractivity contribution in [2.45, 2.75) is 12.8 Å². The molecule has 0 aliphatic carbocycles. The summed E-state index contributed by atoms with van der Waals surface area (Å²) in [6.45, 7) is 1.10. The standard InChI is InChI=1S/C16H16N2O3/c19-15(20)9-11-7-8-18(10-11)16(21)14-6-5-12-3-1-2-4-13(12)17-14/h1-6,11H,7-10H2,(H,19,20). The molecule has 3 rings (SSSR count). The van der Waals surface area contributed by atoms with Crippen LogP contribution < -0.4 is 0 Å². The van der Waals surface area contributed by atoms with Crippen molar-refractivity contribution >= 4 is 22.8 Å². The third-order valence-corrected chi connectivity index (χ3v) is 3.85. The molecular formula is C16H16N2O3. The molecule has 21 heavy (non-hydrogen) atoms. The SMILES string of the molecule is O=C(O)CC1CCN(C(=O)c2ccc3ccccc3n2)C1. The maximum atomic E-state index is 12.4. The van der Waals surface area contributed by atoms with Crippen LogP contribution in [-0.4, -0.2) is 40.0 Å². The molecular weight excluding hydrogens is 268 g/mol. The molecule has 1 fully saturated rings. The first-order chi connectivity index (χ1) is 10.1. The molecule has 0 radical (unpaired) electrons. The van der Waals surface area contributed by atoms with Crippen molar-refractivity contribution in [3.05, 3.63) is 42.1 Å². The minimum Gasteiger partial charge on any atom is -0.481 e. The zero-order chi connectivity index (χ0) is 14.8. The van der Waals surface area contributed by atoms with Gasteiger partial charge in [-0.25, -0.2) is 4.98 Å². The average Bonchev–Trinajstić information content (AvgIpc) is 2.93. The summed E-state index contributed by atoms with van der Waals surface area (Å²) in [6.07, 6.45) is 0.862. The van der Waals surface area contributed by atoms with Crippen LogP contribution in [0, 0.1) is 5.92 Å². The molecule has 1 atom stereocenters. The van der Waals surface area contributed by atoms with Gasteiger partial charge in [-0.2, -0.15) is 0 Å². The predicted molar refractivity (Wildman–Crippen MR) is 78.0 cm³/mol. The number of carbonyl (C=O) groups is 2. The number of hydrogen-bond donors (Lipinski definition) is 1. The highest BCUT2D eigenvalue weighted by Gasteiger charge is 2.28. The number of fused-ring (bicyclic) bond motifs is 1. The lowest BCUT2D eigenvalue weighted by Gasteiger charge is -2.15. The second-order valence-electron chi connectivity index (χ2n) is 5.39. The molecule has 1 N–H and O–H groups in total. The van der Waals surface area contributed by atoms with Crippen molar-refractivity contribution in [1.82, 2.24) is 9.88 Å². The molecule has 1 amide bonds. The van der Waals surface area contributed by atoms with Gasteiger partial charge < -0.3 is 10.0 Å². The fourth-order valence-electron chi connectivity index (χ4n) is 2.78. The number of nitrogens with zero attached hydrogens (tertiary/aromatic N) is 2. The minimum absolute atomic E-state index is 0.0481. The lowest BCUT2D eigenvalue weighted by molar-refractivity contribution is -0.138. The summed E-state index contributed by atoms with van der Waals surface area (Å²) in [6, 6.07) is 11.3. The zero-order valence-electron chi connectivity index (χ0n) is 11.5. The summed E-state index contributed by atoms with van der Waals surface area (Å²) >= 11 is 0. The van der Waals surface area contributed by atoms with Gasteiger partial charge in [-0.3, -0.25) is 9.59 Å². The molecule has 1 aliphatic rings. The van der Waals surface area contributed by atoms with E-state index in [2.05, 4.69) is 4.98 Å². The van der Waals surface area contributed by atoms with E-state index in [0.29, 0.717) is 18.8 Å². The van der Waals surface area contributed by atoms with E-state index in [1.54, 1.807) is 11.0 Å². The fraction of sp³-hybridized carbons (Fsp3) is 0.312. The van der Waals surface area contributed by atoms with Gasteiger partial charge in [0.05, 0.1) is 5.52 Å². The number of para-hydroxylation sites is 1. The second kappa shape index (κ2) is 5.52. The first kappa shape index (κ1) is 13.5. The van der Waals surface area contributed by atoms with E-state index in [9.17, 15) is 9.59 Å². The fourth-order valence-corrected chi connectivity index (χ4v) is 2.78. The van der Waals surface area contributed by atoms with Crippen LogP contribution in [0.5, 0.6) is 0 Å². The minimum atomic E-state index is -0.807. The monoisotopic (exact) mass is 284 g/mol. The second-order valence-corrected chi connectivity index (χ2v) is 5.39.